The van der Waals surface area contributed by atoms with Gasteiger partial charge in [-0.05, 0) is 48.9 Å². The fourth-order valence-electron chi connectivity index (χ4n) is 2.36. The van der Waals surface area contributed by atoms with Crippen LogP contribution in [0, 0.1) is 0 Å². The Hall–Kier alpha value is -2.66. The first-order valence-corrected chi connectivity index (χ1v) is 7.88. The first-order chi connectivity index (χ1) is 11.5. The van der Waals surface area contributed by atoms with E-state index in [1.807, 2.05) is 25.3 Å². The number of pyridine rings is 1. The lowest BCUT2D eigenvalue weighted by Gasteiger charge is -2.16. The average molecular weight is 324 g/mol. The summed E-state index contributed by atoms with van der Waals surface area (Å²) >= 11 is 0. The number of carbonyl (C=O) groups excluding carboxylic acids is 1. The van der Waals surface area contributed by atoms with Gasteiger partial charge >= 0.3 is 6.03 Å². The molecule has 0 bridgehead atoms. The fraction of sp³-hybridized carbons (Fsp3) is 0.263. The molecular formula is C19H24N4O. The molecule has 0 spiro atoms. The van der Waals surface area contributed by atoms with Crippen LogP contribution in [0.2, 0.25) is 0 Å². The van der Waals surface area contributed by atoms with Gasteiger partial charge < -0.3 is 15.5 Å². The summed E-state index contributed by atoms with van der Waals surface area (Å²) in [7, 11) is 1.90. The lowest BCUT2D eigenvalue weighted by molar-refractivity contribution is 0.201. The molecule has 0 aliphatic carbocycles. The summed E-state index contributed by atoms with van der Waals surface area (Å²) in [6, 6.07) is 3.70. The molecule has 2 heterocycles. The highest BCUT2D eigenvalue weighted by atomic mass is 16.2. The molecule has 1 aromatic rings. The maximum absolute atomic E-state index is 12.3. The van der Waals surface area contributed by atoms with E-state index in [9.17, 15) is 4.79 Å². The van der Waals surface area contributed by atoms with Crippen LogP contribution < -0.4 is 10.6 Å². The van der Waals surface area contributed by atoms with Gasteiger partial charge in [0.2, 0.25) is 0 Å². The summed E-state index contributed by atoms with van der Waals surface area (Å²) in [5, 5.41) is 5.86. The molecule has 2 N–H and O–H groups in total. The van der Waals surface area contributed by atoms with Crippen molar-refractivity contribution in [2.75, 3.05) is 13.6 Å². The summed E-state index contributed by atoms with van der Waals surface area (Å²) in [6.07, 6.45) is 6.14. The molecule has 1 aliphatic heterocycles. The molecule has 0 saturated carbocycles. The summed E-state index contributed by atoms with van der Waals surface area (Å²) in [4.78, 5) is 18.3. The number of nitrogens with zero attached hydrogens (tertiary/aromatic N) is 2. The minimum atomic E-state index is -0.178. The minimum Gasteiger partial charge on any atom is -0.319 e. The monoisotopic (exact) mass is 324 g/mol. The van der Waals surface area contributed by atoms with Crippen molar-refractivity contribution in [1.82, 2.24) is 20.5 Å². The highest BCUT2D eigenvalue weighted by Gasteiger charge is 2.23. The van der Waals surface area contributed by atoms with E-state index in [0.717, 1.165) is 35.4 Å². The second-order valence-corrected chi connectivity index (χ2v) is 5.74. The molecule has 2 rings (SSSR count). The maximum Gasteiger partial charge on any atom is 0.322 e. The van der Waals surface area contributed by atoms with Gasteiger partial charge in [0.1, 0.15) is 0 Å². The Kier molecular flexibility index (Phi) is 6.09. The molecule has 126 valence electrons. The molecule has 0 fully saturated rings. The topological polar surface area (TPSA) is 57.3 Å². The summed E-state index contributed by atoms with van der Waals surface area (Å²) in [5.74, 6) is 0. The van der Waals surface area contributed by atoms with Crippen LogP contribution in [0.15, 0.2) is 67.1 Å². The molecule has 0 unspecified atom stereocenters. The summed E-state index contributed by atoms with van der Waals surface area (Å²) in [5.41, 5.74) is 4.34. The Morgan fingerprint density at radius 2 is 2.12 bits per heavy atom. The van der Waals surface area contributed by atoms with E-state index >= 15 is 0 Å². The molecular weight excluding hydrogens is 300 g/mol. The van der Waals surface area contributed by atoms with Crippen LogP contribution in [0.1, 0.15) is 17.7 Å². The molecule has 0 atom stereocenters. The summed E-state index contributed by atoms with van der Waals surface area (Å²) in [6.45, 7) is 13.8. The lowest BCUT2D eigenvalue weighted by atomic mass is 10.1. The Balaban J connectivity index is 1.82. The molecule has 0 radical (unpaired) electrons. The average Bonchev–Trinajstić information content (AvgIpc) is 3.01. The van der Waals surface area contributed by atoms with E-state index in [1.54, 1.807) is 17.2 Å². The van der Waals surface area contributed by atoms with Gasteiger partial charge in [0.15, 0.2) is 0 Å². The number of fused-ring (bicyclic) bond motifs is 1. The molecule has 2 amide bonds. The number of hydrogen-bond acceptors (Lipinski definition) is 3. The fourth-order valence-corrected chi connectivity index (χ4v) is 2.36. The Bertz CT molecular complexity index is 665. The molecule has 5 nitrogen and oxygen atoms in total. The zero-order chi connectivity index (χ0) is 17.5. The first kappa shape index (κ1) is 17.7. The van der Waals surface area contributed by atoms with Crippen molar-refractivity contribution in [3.05, 3.63) is 78.3 Å². The van der Waals surface area contributed by atoms with Crippen LogP contribution in [0.3, 0.4) is 0 Å². The Labute approximate surface area is 143 Å². The van der Waals surface area contributed by atoms with Crippen LogP contribution in [-0.2, 0) is 13.1 Å². The number of carbonyl (C=O) groups is 1. The molecule has 24 heavy (non-hydrogen) atoms. The number of hydrogen-bond donors (Lipinski definition) is 2. The van der Waals surface area contributed by atoms with Crippen molar-refractivity contribution < 1.29 is 4.79 Å². The van der Waals surface area contributed by atoms with E-state index in [0.29, 0.717) is 18.8 Å². The third kappa shape index (κ3) is 4.67. The smallest absolute Gasteiger partial charge is 0.319 e. The van der Waals surface area contributed by atoms with Gasteiger partial charge in [-0.2, -0.15) is 0 Å². The van der Waals surface area contributed by atoms with Gasteiger partial charge in [0.25, 0.3) is 0 Å². The van der Waals surface area contributed by atoms with E-state index in [-0.39, 0.29) is 6.03 Å². The molecule has 0 aromatic carbocycles. The third-order valence-electron chi connectivity index (χ3n) is 3.86. The van der Waals surface area contributed by atoms with E-state index in [2.05, 4.69) is 35.4 Å². The van der Waals surface area contributed by atoms with Crippen LogP contribution in [-0.4, -0.2) is 29.5 Å². The van der Waals surface area contributed by atoms with Crippen LogP contribution in [0.25, 0.3) is 0 Å². The predicted molar refractivity (Wildman–Crippen MR) is 97.1 cm³/mol. The second-order valence-electron chi connectivity index (χ2n) is 5.74. The normalized spacial score (nSPS) is 13.0. The molecule has 1 aromatic heterocycles. The minimum absolute atomic E-state index is 0.178. The number of urea groups is 1. The van der Waals surface area contributed by atoms with Crippen LogP contribution in [0.5, 0.6) is 0 Å². The van der Waals surface area contributed by atoms with Gasteiger partial charge in [0.05, 0.1) is 12.2 Å². The largest absolute Gasteiger partial charge is 0.322 e. The zero-order valence-corrected chi connectivity index (χ0v) is 14.1. The lowest BCUT2D eigenvalue weighted by Crippen LogP contribution is -2.35. The second kappa shape index (κ2) is 8.26. The zero-order valence-electron chi connectivity index (χ0n) is 14.1. The van der Waals surface area contributed by atoms with E-state index in [4.69, 9.17) is 0 Å². The van der Waals surface area contributed by atoms with Crippen molar-refractivity contribution in [1.29, 1.82) is 0 Å². The number of nitrogens with one attached hydrogen (secondary N) is 2. The van der Waals surface area contributed by atoms with Crippen molar-refractivity contribution in [3.8, 4) is 0 Å². The number of allylic oxidation sites excluding steroid dienone is 3. The third-order valence-corrected chi connectivity index (χ3v) is 3.86. The van der Waals surface area contributed by atoms with Gasteiger partial charge in [-0.3, -0.25) is 4.98 Å². The Morgan fingerprint density at radius 1 is 1.33 bits per heavy atom. The van der Waals surface area contributed by atoms with Crippen molar-refractivity contribution in [2.24, 2.45) is 0 Å². The maximum atomic E-state index is 12.3. The van der Waals surface area contributed by atoms with Gasteiger partial charge in [-0.1, -0.05) is 31.9 Å². The van der Waals surface area contributed by atoms with Crippen molar-refractivity contribution in [2.45, 2.75) is 19.5 Å². The number of rotatable bonds is 7. The quantitative estimate of drug-likeness (QED) is 0.758. The molecule has 5 heteroatoms. The Morgan fingerprint density at radius 3 is 2.83 bits per heavy atom. The standard InChI is InChI=1S/C19H24N4O/c1-14(15(2)9-11-20-4)7-8-16(3)22-19(24)23-12-17-6-5-10-21-18(17)13-23/h5-8,10,20H,1-3,9,11-13H2,4H3,(H,22,24)/b8-7-. The van der Waals surface area contributed by atoms with Crippen molar-refractivity contribution in [3.63, 3.8) is 0 Å². The highest BCUT2D eigenvalue weighted by molar-refractivity contribution is 5.77. The molecule has 1 aliphatic rings. The van der Waals surface area contributed by atoms with E-state index in [1.165, 1.54) is 0 Å². The SMILES string of the molecule is C=C(/C=C\C(=C)C(=C)CCNC)NC(=O)N1Cc2cccnc2C1. The summed E-state index contributed by atoms with van der Waals surface area (Å²) < 4.78 is 0. The highest BCUT2D eigenvalue weighted by Crippen LogP contribution is 2.20. The van der Waals surface area contributed by atoms with Gasteiger partial charge in [-0.25, -0.2) is 4.79 Å². The first-order valence-electron chi connectivity index (χ1n) is 7.88. The van der Waals surface area contributed by atoms with Gasteiger partial charge in [-0.15, -0.1) is 0 Å². The van der Waals surface area contributed by atoms with E-state index < -0.39 is 0 Å². The number of amides is 2. The predicted octanol–water partition coefficient (Wildman–Crippen LogP) is 2.90. The van der Waals surface area contributed by atoms with Crippen LogP contribution >= 0.6 is 0 Å². The van der Waals surface area contributed by atoms with Gasteiger partial charge in [0, 0.05) is 18.4 Å². The van der Waals surface area contributed by atoms with Crippen LogP contribution in [0.4, 0.5) is 4.79 Å². The number of aromatic nitrogens is 1. The van der Waals surface area contributed by atoms with Crippen molar-refractivity contribution >= 4 is 6.03 Å². The molecule has 0 saturated heterocycles.